The van der Waals surface area contributed by atoms with Crippen LogP contribution in [0.2, 0.25) is 0 Å². The summed E-state index contributed by atoms with van der Waals surface area (Å²) in [5, 5.41) is 3.17. The maximum Gasteiger partial charge on any atom is 0.435 e. The van der Waals surface area contributed by atoms with E-state index in [0.29, 0.717) is 4.68 Å². The van der Waals surface area contributed by atoms with Crippen molar-refractivity contribution in [2.75, 3.05) is 6.26 Å². The van der Waals surface area contributed by atoms with Gasteiger partial charge in [-0.3, -0.25) is 0 Å². The zero-order valence-corrected chi connectivity index (χ0v) is 9.70. The van der Waals surface area contributed by atoms with Crippen LogP contribution >= 0.6 is 11.8 Å². The monoisotopic (exact) mass is 276 g/mol. The van der Waals surface area contributed by atoms with Gasteiger partial charge in [-0.1, -0.05) is 0 Å². The van der Waals surface area contributed by atoms with Gasteiger partial charge in [-0.15, -0.1) is 0 Å². The van der Waals surface area contributed by atoms with Crippen LogP contribution in [-0.4, -0.2) is 22.6 Å². The van der Waals surface area contributed by atoms with Gasteiger partial charge >= 0.3 is 12.8 Å². The van der Waals surface area contributed by atoms with E-state index in [2.05, 4.69) is 9.84 Å². The Balaban J connectivity index is 3.24. The lowest BCUT2D eigenvalue weighted by Gasteiger charge is -2.08. The number of thioether (sulfide) groups is 1. The number of hydrogen-bond donors (Lipinski definition) is 0. The second-order valence-corrected chi connectivity index (χ2v) is 3.93. The fourth-order valence-electron chi connectivity index (χ4n) is 1.29. The van der Waals surface area contributed by atoms with Crippen molar-refractivity contribution >= 4 is 11.8 Å². The number of aryl methyl sites for hydroxylation is 1. The third-order valence-electron chi connectivity index (χ3n) is 1.85. The lowest BCUT2D eigenvalue weighted by Crippen LogP contribution is -2.09. The molecule has 0 amide bonds. The van der Waals surface area contributed by atoms with Gasteiger partial charge < -0.3 is 4.74 Å². The van der Waals surface area contributed by atoms with Gasteiger partial charge in [-0.05, 0) is 6.26 Å². The Bertz CT molecular complexity index is 390. The number of ether oxygens (including phenoxy) is 1. The van der Waals surface area contributed by atoms with E-state index in [9.17, 15) is 22.0 Å². The molecule has 17 heavy (non-hydrogen) atoms. The van der Waals surface area contributed by atoms with Gasteiger partial charge in [0.25, 0.3) is 0 Å². The van der Waals surface area contributed by atoms with Crippen molar-refractivity contribution in [1.29, 1.82) is 0 Å². The Kier molecular flexibility index (Phi) is 4.23. The third kappa shape index (κ3) is 3.24. The minimum atomic E-state index is -4.69. The van der Waals surface area contributed by atoms with E-state index in [1.165, 1.54) is 0 Å². The molecule has 0 bridgehead atoms. The summed E-state index contributed by atoms with van der Waals surface area (Å²) < 4.78 is 66.6. The molecule has 0 atom stereocenters. The first kappa shape index (κ1) is 14.1. The van der Waals surface area contributed by atoms with Crippen LogP contribution in [0.1, 0.15) is 11.3 Å². The molecule has 0 N–H and O–H groups in total. The van der Waals surface area contributed by atoms with Crippen LogP contribution in [0.5, 0.6) is 5.88 Å². The van der Waals surface area contributed by atoms with Gasteiger partial charge in [0.1, 0.15) is 0 Å². The maximum absolute atomic E-state index is 12.6. The second kappa shape index (κ2) is 5.11. The van der Waals surface area contributed by atoms with Crippen LogP contribution in [0.3, 0.4) is 0 Å². The van der Waals surface area contributed by atoms with Crippen LogP contribution < -0.4 is 4.74 Å². The summed E-state index contributed by atoms with van der Waals surface area (Å²) in [6, 6.07) is 0. The molecule has 98 valence electrons. The van der Waals surface area contributed by atoms with Crippen molar-refractivity contribution in [2.45, 2.75) is 18.5 Å². The highest BCUT2D eigenvalue weighted by atomic mass is 32.2. The molecule has 0 saturated heterocycles. The first-order valence-electron chi connectivity index (χ1n) is 4.34. The zero-order valence-electron chi connectivity index (χ0n) is 8.89. The highest BCUT2D eigenvalue weighted by Gasteiger charge is 2.39. The summed E-state index contributed by atoms with van der Waals surface area (Å²) in [7, 11) is 1.12. The first-order valence-corrected chi connectivity index (χ1v) is 5.73. The van der Waals surface area contributed by atoms with Crippen LogP contribution in [0.4, 0.5) is 22.0 Å². The number of rotatable bonds is 4. The van der Waals surface area contributed by atoms with Crippen molar-refractivity contribution in [2.24, 2.45) is 7.05 Å². The predicted octanol–water partition coefficient (Wildman–Crippen LogP) is 2.90. The molecule has 9 heteroatoms. The molecular formula is C8H9F5N2OS. The Morgan fingerprint density at radius 3 is 2.41 bits per heavy atom. The first-order chi connectivity index (χ1) is 7.77. The molecule has 1 aromatic rings. The normalized spacial score (nSPS) is 12.2. The number of alkyl halides is 5. The van der Waals surface area contributed by atoms with E-state index in [-0.39, 0.29) is 11.3 Å². The van der Waals surface area contributed by atoms with Crippen molar-refractivity contribution in [3.05, 3.63) is 11.3 Å². The van der Waals surface area contributed by atoms with E-state index in [0.717, 1.165) is 18.8 Å². The summed E-state index contributed by atoms with van der Waals surface area (Å²) >= 11 is 1.06. The Morgan fingerprint density at radius 2 is 2.00 bits per heavy atom. The summed E-state index contributed by atoms with van der Waals surface area (Å²) in [5.74, 6) is -0.660. The van der Waals surface area contributed by atoms with Crippen molar-refractivity contribution in [3.63, 3.8) is 0 Å². The SMILES string of the molecule is CSCc1c(C(F)(F)F)nn(C)c1OC(F)F. The predicted molar refractivity (Wildman–Crippen MR) is 52.1 cm³/mol. The van der Waals surface area contributed by atoms with Gasteiger partial charge in [-0.25, -0.2) is 4.68 Å². The second-order valence-electron chi connectivity index (χ2n) is 3.07. The molecule has 1 rings (SSSR count). The number of halogens is 5. The molecule has 0 aliphatic rings. The fraction of sp³-hybridized carbons (Fsp3) is 0.625. The molecule has 0 radical (unpaired) electrons. The molecule has 0 aliphatic carbocycles. The van der Waals surface area contributed by atoms with Crippen molar-refractivity contribution < 1.29 is 26.7 Å². The molecule has 0 aliphatic heterocycles. The molecule has 0 spiro atoms. The lowest BCUT2D eigenvalue weighted by molar-refractivity contribution is -0.142. The summed E-state index contributed by atoms with van der Waals surface area (Å²) in [5.41, 5.74) is -1.56. The van der Waals surface area contributed by atoms with Gasteiger partial charge in [0, 0.05) is 12.8 Å². The largest absolute Gasteiger partial charge is 0.435 e. The molecule has 0 saturated carbocycles. The smallest absolute Gasteiger partial charge is 0.417 e. The minimum Gasteiger partial charge on any atom is -0.417 e. The Labute approximate surface area is 97.9 Å². The minimum absolute atomic E-state index is 0.106. The highest BCUT2D eigenvalue weighted by Crippen LogP contribution is 2.37. The average molecular weight is 276 g/mol. The summed E-state index contributed by atoms with van der Waals surface area (Å²) in [6.07, 6.45) is -3.13. The van der Waals surface area contributed by atoms with Gasteiger partial charge in [0.15, 0.2) is 5.69 Å². The highest BCUT2D eigenvalue weighted by molar-refractivity contribution is 7.97. The third-order valence-corrected chi connectivity index (χ3v) is 2.42. The molecule has 1 aromatic heterocycles. The number of nitrogens with zero attached hydrogens (tertiary/aromatic N) is 2. The Morgan fingerprint density at radius 1 is 1.41 bits per heavy atom. The van der Waals surface area contributed by atoms with Crippen LogP contribution in [0.15, 0.2) is 0 Å². The van der Waals surface area contributed by atoms with E-state index < -0.39 is 24.4 Å². The molecule has 3 nitrogen and oxygen atoms in total. The topological polar surface area (TPSA) is 27.1 Å². The van der Waals surface area contributed by atoms with E-state index in [4.69, 9.17) is 0 Å². The van der Waals surface area contributed by atoms with E-state index in [1.807, 2.05) is 0 Å². The standard InChI is InChI=1S/C8H9F5N2OS/c1-15-6(16-7(9)10)4(3-17-2)5(14-15)8(11,12)13/h7H,3H2,1-2H3. The Hall–Kier alpha value is -0.990. The molecule has 0 aromatic carbocycles. The molecule has 0 fully saturated rings. The number of hydrogen-bond acceptors (Lipinski definition) is 3. The molecule has 0 unspecified atom stereocenters. The maximum atomic E-state index is 12.6. The quantitative estimate of drug-likeness (QED) is 0.791. The number of aromatic nitrogens is 2. The molecular weight excluding hydrogens is 267 g/mol. The van der Waals surface area contributed by atoms with Gasteiger partial charge in [-0.2, -0.15) is 38.8 Å². The van der Waals surface area contributed by atoms with Gasteiger partial charge in [0.05, 0.1) is 5.56 Å². The zero-order chi connectivity index (χ0) is 13.2. The van der Waals surface area contributed by atoms with Gasteiger partial charge in [0.2, 0.25) is 5.88 Å². The van der Waals surface area contributed by atoms with Crippen molar-refractivity contribution in [3.8, 4) is 5.88 Å². The summed E-state index contributed by atoms with van der Waals surface area (Å²) in [6.45, 7) is -3.19. The van der Waals surface area contributed by atoms with Crippen LogP contribution in [-0.2, 0) is 19.0 Å². The van der Waals surface area contributed by atoms with Crippen LogP contribution in [0, 0.1) is 0 Å². The summed E-state index contributed by atoms with van der Waals surface area (Å²) in [4.78, 5) is 0. The van der Waals surface area contributed by atoms with E-state index >= 15 is 0 Å². The average Bonchev–Trinajstić information content (AvgIpc) is 2.45. The fourth-order valence-corrected chi connectivity index (χ4v) is 1.84. The molecule has 1 heterocycles. The van der Waals surface area contributed by atoms with Crippen molar-refractivity contribution in [1.82, 2.24) is 9.78 Å². The van der Waals surface area contributed by atoms with Crippen LogP contribution in [0.25, 0.3) is 0 Å². The van der Waals surface area contributed by atoms with E-state index in [1.54, 1.807) is 6.26 Å². The lowest BCUT2D eigenvalue weighted by atomic mass is 10.2.